The van der Waals surface area contributed by atoms with Crippen LogP contribution < -0.4 is 0 Å². The molecule has 1 aliphatic rings. The number of aliphatic hydroxyl groups is 1. The van der Waals surface area contributed by atoms with E-state index in [2.05, 4.69) is 101 Å². The van der Waals surface area contributed by atoms with Crippen LogP contribution in [-0.2, 0) is 5.54 Å². The van der Waals surface area contributed by atoms with Crippen LogP contribution in [-0.4, -0.2) is 34.2 Å². The van der Waals surface area contributed by atoms with Crippen LogP contribution >= 0.6 is 0 Å². The number of piperidine rings is 1. The van der Waals surface area contributed by atoms with Crippen LogP contribution in [0, 0.1) is 0 Å². The zero-order valence-corrected chi connectivity index (χ0v) is 17.8. The fraction of sp³-hybridized carbons (Fsp3) is 0.179. The van der Waals surface area contributed by atoms with Gasteiger partial charge in [0, 0.05) is 19.2 Å². The molecule has 1 saturated heterocycles. The minimum Gasteiger partial charge on any atom is -0.445 e. The molecule has 0 radical (unpaired) electrons. The van der Waals surface area contributed by atoms with Gasteiger partial charge in [-0.2, -0.15) is 0 Å². The van der Waals surface area contributed by atoms with Crippen molar-refractivity contribution < 1.29 is 9.52 Å². The van der Waals surface area contributed by atoms with Gasteiger partial charge in [-0.1, -0.05) is 91.0 Å². The second kappa shape index (κ2) is 8.95. The Morgan fingerprint density at radius 3 is 1.84 bits per heavy atom. The van der Waals surface area contributed by atoms with Gasteiger partial charge in [-0.05, 0) is 28.7 Å². The lowest BCUT2D eigenvalue weighted by Gasteiger charge is -2.48. The Balaban J connectivity index is 1.71. The van der Waals surface area contributed by atoms with Crippen molar-refractivity contribution in [1.29, 1.82) is 0 Å². The van der Waals surface area contributed by atoms with Crippen molar-refractivity contribution in [1.82, 2.24) is 9.88 Å². The second-order valence-electron chi connectivity index (χ2n) is 8.12. The predicted molar refractivity (Wildman–Crippen MR) is 126 cm³/mol. The summed E-state index contributed by atoms with van der Waals surface area (Å²) >= 11 is 0. The molecule has 1 atom stereocenters. The number of aliphatic hydroxyl groups excluding tert-OH is 1. The molecule has 0 saturated carbocycles. The molecule has 0 aliphatic carbocycles. The maximum absolute atomic E-state index is 10.8. The average Bonchev–Trinajstić information content (AvgIpc) is 3.37. The predicted octanol–water partition coefficient (Wildman–Crippen LogP) is 5.12. The molecule has 0 bridgehead atoms. The summed E-state index contributed by atoms with van der Waals surface area (Å²) in [6, 6.07) is 31.9. The Labute approximate surface area is 188 Å². The van der Waals surface area contributed by atoms with Crippen LogP contribution in [0.15, 0.2) is 113 Å². The lowest BCUT2D eigenvalue weighted by Crippen LogP contribution is -2.52. The lowest BCUT2D eigenvalue weighted by atomic mass is 9.74. The number of aromatic nitrogens is 1. The third-order valence-corrected chi connectivity index (χ3v) is 6.28. The summed E-state index contributed by atoms with van der Waals surface area (Å²) in [5, 5.41) is 10.8. The Morgan fingerprint density at radius 1 is 0.844 bits per heavy atom. The fourth-order valence-electron chi connectivity index (χ4n) is 4.85. The van der Waals surface area contributed by atoms with E-state index in [4.69, 9.17) is 4.42 Å². The van der Waals surface area contributed by atoms with Gasteiger partial charge < -0.3 is 9.52 Å². The summed E-state index contributed by atoms with van der Waals surface area (Å²) in [5.41, 5.74) is 4.00. The molecular weight excluding hydrogens is 396 g/mol. The van der Waals surface area contributed by atoms with Crippen LogP contribution in [0.5, 0.6) is 0 Å². The monoisotopic (exact) mass is 422 g/mol. The van der Waals surface area contributed by atoms with Crippen LogP contribution in [0.4, 0.5) is 0 Å². The summed E-state index contributed by atoms with van der Waals surface area (Å²) < 4.78 is 5.44. The van der Waals surface area contributed by atoms with E-state index in [1.807, 2.05) is 6.08 Å². The maximum atomic E-state index is 10.8. The Bertz CT molecular complexity index is 1060. The SMILES string of the molecule is OC1CCN(C(c2ccccc2)(c2ccccc2)c2ccccc2)CC1=Cc1ncco1. The zero-order valence-electron chi connectivity index (χ0n) is 17.8. The third kappa shape index (κ3) is 3.68. The van der Waals surface area contributed by atoms with E-state index < -0.39 is 11.6 Å². The van der Waals surface area contributed by atoms with Crippen molar-refractivity contribution in [2.45, 2.75) is 18.1 Å². The third-order valence-electron chi connectivity index (χ3n) is 6.28. The van der Waals surface area contributed by atoms with Crippen molar-refractivity contribution in [3.05, 3.63) is 132 Å². The molecule has 1 fully saturated rings. The number of benzene rings is 3. The Morgan fingerprint density at radius 2 is 1.38 bits per heavy atom. The summed E-state index contributed by atoms with van der Waals surface area (Å²) in [4.78, 5) is 6.70. The number of hydrogen-bond donors (Lipinski definition) is 1. The molecule has 4 nitrogen and oxygen atoms in total. The minimum atomic E-state index is -0.516. The van der Waals surface area contributed by atoms with Gasteiger partial charge in [0.1, 0.15) is 6.26 Å². The van der Waals surface area contributed by atoms with Gasteiger partial charge in [0.05, 0.1) is 17.8 Å². The van der Waals surface area contributed by atoms with Crippen molar-refractivity contribution >= 4 is 6.08 Å². The first-order chi connectivity index (χ1) is 15.8. The molecule has 1 aliphatic heterocycles. The molecule has 4 heteroatoms. The molecule has 160 valence electrons. The van der Waals surface area contributed by atoms with Gasteiger partial charge in [-0.3, -0.25) is 4.90 Å². The molecular formula is C28H26N2O2. The van der Waals surface area contributed by atoms with E-state index in [0.29, 0.717) is 18.9 Å². The summed E-state index contributed by atoms with van der Waals surface area (Å²) in [6.45, 7) is 1.35. The number of hydrogen-bond acceptors (Lipinski definition) is 4. The van der Waals surface area contributed by atoms with Gasteiger partial charge >= 0.3 is 0 Å². The molecule has 4 aromatic rings. The minimum absolute atomic E-state index is 0.500. The number of rotatable bonds is 5. The Hall–Kier alpha value is -3.47. The topological polar surface area (TPSA) is 49.5 Å². The highest BCUT2D eigenvalue weighted by Gasteiger charge is 2.44. The highest BCUT2D eigenvalue weighted by molar-refractivity contribution is 5.52. The summed E-state index contributed by atoms with van der Waals surface area (Å²) in [5.74, 6) is 0.519. The van der Waals surface area contributed by atoms with E-state index in [9.17, 15) is 5.11 Å². The number of nitrogens with zero attached hydrogens (tertiary/aromatic N) is 2. The average molecular weight is 423 g/mol. The van der Waals surface area contributed by atoms with Crippen LogP contribution in [0.2, 0.25) is 0 Å². The molecule has 1 aromatic heterocycles. The first-order valence-electron chi connectivity index (χ1n) is 11.0. The fourth-order valence-corrected chi connectivity index (χ4v) is 4.85. The number of likely N-dealkylation sites (tertiary alicyclic amines) is 1. The Kier molecular flexibility index (Phi) is 5.71. The van der Waals surface area contributed by atoms with Gasteiger partial charge in [0.25, 0.3) is 0 Å². The summed E-state index contributed by atoms with van der Waals surface area (Å²) in [6.07, 6.45) is 5.19. The second-order valence-corrected chi connectivity index (χ2v) is 8.12. The maximum Gasteiger partial charge on any atom is 0.218 e. The highest BCUT2D eigenvalue weighted by atomic mass is 16.3. The zero-order chi connectivity index (χ0) is 21.8. The largest absolute Gasteiger partial charge is 0.445 e. The smallest absolute Gasteiger partial charge is 0.218 e. The van der Waals surface area contributed by atoms with Gasteiger partial charge in [-0.15, -0.1) is 0 Å². The van der Waals surface area contributed by atoms with Gasteiger partial charge in [-0.25, -0.2) is 4.98 Å². The molecule has 0 amide bonds. The number of oxazole rings is 1. The quantitative estimate of drug-likeness (QED) is 0.454. The van der Waals surface area contributed by atoms with Gasteiger partial charge in [0.2, 0.25) is 5.89 Å². The van der Waals surface area contributed by atoms with Crippen molar-refractivity contribution in [3.63, 3.8) is 0 Å². The van der Waals surface area contributed by atoms with Crippen molar-refractivity contribution in [2.24, 2.45) is 0 Å². The van der Waals surface area contributed by atoms with Crippen LogP contribution in [0.1, 0.15) is 29.0 Å². The molecule has 1 unspecified atom stereocenters. The van der Waals surface area contributed by atoms with E-state index in [-0.39, 0.29) is 0 Å². The molecule has 1 N–H and O–H groups in total. The highest BCUT2D eigenvalue weighted by Crippen LogP contribution is 2.44. The normalized spacial score (nSPS) is 18.7. The lowest BCUT2D eigenvalue weighted by molar-refractivity contribution is 0.0870. The molecule has 0 spiro atoms. The first kappa shape index (κ1) is 20.4. The molecule has 5 rings (SSSR count). The van der Waals surface area contributed by atoms with E-state index in [1.165, 1.54) is 16.7 Å². The van der Waals surface area contributed by atoms with E-state index in [1.54, 1.807) is 12.5 Å². The van der Waals surface area contributed by atoms with Crippen molar-refractivity contribution in [2.75, 3.05) is 13.1 Å². The molecule has 3 aromatic carbocycles. The summed E-state index contributed by atoms with van der Waals surface area (Å²) in [7, 11) is 0. The van der Waals surface area contributed by atoms with Crippen LogP contribution in [0.3, 0.4) is 0 Å². The van der Waals surface area contributed by atoms with E-state index >= 15 is 0 Å². The van der Waals surface area contributed by atoms with Gasteiger partial charge in [0.15, 0.2) is 0 Å². The molecule has 2 heterocycles. The standard InChI is InChI=1S/C28H26N2O2/c31-26-16-18-30(21-22(26)20-27-29-17-19-32-27)28(23-10-4-1-5-11-23,24-12-6-2-7-13-24)25-14-8-3-9-15-25/h1-15,17,19-20,26,31H,16,18,21H2. The van der Waals surface area contributed by atoms with Crippen molar-refractivity contribution in [3.8, 4) is 0 Å². The van der Waals surface area contributed by atoms with Crippen LogP contribution in [0.25, 0.3) is 6.08 Å². The van der Waals surface area contributed by atoms with E-state index in [0.717, 1.165) is 12.1 Å². The first-order valence-corrected chi connectivity index (χ1v) is 11.0. The molecule has 32 heavy (non-hydrogen) atoms.